The maximum Gasteiger partial charge on any atom is 0.303 e. The van der Waals surface area contributed by atoms with E-state index in [2.05, 4.69) is 5.32 Å². The van der Waals surface area contributed by atoms with Gasteiger partial charge in [-0.3, -0.25) is 14.4 Å². The molecular formula is C20H38N2O4. The molecule has 0 aromatic rings. The summed E-state index contributed by atoms with van der Waals surface area (Å²) in [6, 6.07) is -0.482. The maximum atomic E-state index is 11.7. The molecule has 6 heteroatoms. The second-order valence-electron chi connectivity index (χ2n) is 7.10. The summed E-state index contributed by atoms with van der Waals surface area (Å²) in [6.45, 7) is 1.63. The fourth-order valence-electron chi connectivity index (χ4n) is 2.90. The lowest BCUT2D eigenvalue weighted by molar-refractivity contribution is -0.137. The first-order valence-corrected chi connectivity index (χ1v) is 10.2. The number of ketones is 1. The number of Topliss-reactive ketones (excluding diaryl/α,β-unsaturated/α-hetero) is 1. The van der Waals surface area contributed by atoms with Crippen LogP contribution in [0.5, 0.6) is 0 Å². The molecule has 0 spiro atoms. The van der Waals surface area contributed by atoms with Crippen LogP contribution in [-0.4, -0.2) is 35.4 Å². The molecule has 0 aliphatic heterocycles. The average Bonchev–Trinajstić information content (AvgIpc) is 2.60. The third-order valence-corrected chi connectivity index (χ3v) is 4.61. The molecule has 26 heavy (non-hydrogen) atoms. The van der Waals surface area contributed by atoms with Crippen molar-refractivity contribution in [3.05, 3.63) is 0 Å². The van der Waals surface area contributed by atoms with E-state index in [-0.39, 0.29) is 18.2 Å². The number of unbranched alkanes of at least 4 members (excludes halogenated alkanes) is 11. The van der Waals surface area contributed by atoms with E-state index >= 15 is 0 Å². The zero-order valence-electron chi connectivity index (χ0n) is 16.4. The van der Waals surface area contributed by atoms with E-state index in [1.807, 2.05) is 0 Å². The van der Waals surface area contributed by atoms with Gasteiger partial charge >= 0.3 is 5.97 Å². The fourth-order valence-corrected chi connectivity index (χ4v) is 2.90. The Morgan fingerprint density at radius 3 is 1.54 bits per heavy atom. The number of carbonyl (C=O) groups excluding carboxylic acids is 2. The number of aliphatic carboxylic acids is 1. The molecule has 0 aliphatic rings. The van der Waals surface area contributed by atoms with Crippen LogP contribution >= 0.6 is 0 Å². The van der Waals surface area contributed by atoms with E-state index in [4.69, 9.17) is 10.8 Å². The Bertz CT molecular complexity index is 399. The van der Waals surface area contributed by atoms with E-state index in [0.717, 1.165) is 38.5 Å². The Labute approximate surface area is 158 Å². The quantitative estimate of drug-likeness (QED) is 0.320. The molecule has 0 saturated heterocycles. The second-order valence-corrected chi connectivity index (χ2v) is 7.10. The van der Waals surface area contributed by atoms with Gasteiger partial charge in [-0.2, -0.15) is 0 Å². The van der Waals surface area contributed by atoms with Crippen molar-refractivity contribution in [3.63, 3.8) is 0 Å². The van der Waals surface area contributed by atoms with Crippen LogP contribution < -0.4 is 11.1 Å². The monoisotopic (exact) mass is 370 g/mol. The van der Waals surface area contributed by atoms with Crippen LogP contribution in [0.4, 0.5) is 0 Å². The topological polar surface area (TPSA) is 109 Å². The van der Waals surface area contributed by atoms with E-state index < -0.39 is 12.0 Å². The Morgan fingerprint density at radius 1 is 0.769 bits per heavy atom. The summed E-state index contributed by atoms with van der Waals surface area (Å²) in [7, 11) is 0. The molecule has 0 fully saturated rings. The minimum absolute atomic E-state index is 0.0355. The van der Waals surface area contributed by atoms with Crippen molar-refractivity contribution >= 4 is 17.7 Å². The SMILES string of the molecule is C[C@H](NC(=O)CCCCCCCCCCCCCCC(=O)O)C(=O)CN. The first-order chi connectivity index (χ1) is 12.5. The number of carbonyl (C=O) groups is 3. The Kier molecular flexibility index (Phi) is 16.1. The average molecular weight is 371 g/mol. The third kappa shape index (κ3) is 16.1. The van der Waals surface area contributed by atoms with Crippen molar-refractivity contribution < 1.29 is 19.5 Å². The number of carboxylic acid groups (broad SMARTS) is 1. The lowest BCUT2D eigenvalue weighted by atomic mass is 10.0. The fraction of sp³-hybridized carbons (Fsp3) is 0.850. The molecule has 0 bridgehead atoms. The predicted molar refractivity (Wildman–Crippen MR) is 104 cm³/mol. The van der Waals surface area contributed by atoms with Gasteiger partial charge in [0.05, 0.1) is 12.6 Å². The van der Waals surface area contributed by atoms with Gasteiger partial charge in [-0.05, 0) is 19.8 Å². The highest BCUT2D eigenvalue weighted by atomic mass is 16.4. The minimum atomic E-state index is -0.693. The number of hydrogen-bond donors (Lipinski definition) is 3. The highest BCUT2D eigenvalue weighted by molar-refractivity contribution is 5.89. The van der Waals surface area contributed by atoms with Gasteiger partial charge < -0.3 is 16.2 Å². The van der Waals surface area contributed by atoms with Crippen molar-refractivity contribution in [2.75, 3.05) is 6.54 Å². The molecule has 0 radical (unpaired) electrons. The Balaban J connectivity index is 3.27. The van der Waals surface area contributed by atoms with Crippen LogP contribution in [0.2, 0.25) is 0 Å². The van der Waals surface area contributed by atoms with Crippen LogP contribution in [0, 0.1) is 0 Å². The molecule has 0 aromatic carbocycles. The summed E-state index contributed by atoms with van der Waals surface area (Å²) in [4.78, 5) is 33.4. The van der Waals surface area contributed by atoms with Gasteiger partial charge in [-0.25, -0.2) is 0 Å². The van der Waals surface area contributed by atoms with Crippen LogP contribution in [0.25, 0.3) is 0 Å². The number of hydrogen-bond acceptors (Lipinski definition) is 4. The third-order valence-electron chi connectivity index (χ3n) is 4.61. The van der Waals surface area contributed by atoms with Gasteiger partial charge in [-0.15, -0.1) is 0 Å². The van der Waals surface area contributed by atoms with Gasteiger partial charge in [0.2, 0.25) is 5.91 Å². The minimum Gasteiger partial charge on any atom is -0.481 e. The Hall–Kier alpha value is -1.43. The van der Waals surface area contributed by atoms with Crippen LogP contribution in [0.1, 0.15) is 96.8 Å². The zero-order chi connectivity index (χ0) is 19.6. The number of amides is 1. The van der Waals surface area contributed by atoms with E-state index in [1.165, 1.54) is 38.5 Å². The lowest BCUT2D eigenvalue weighted by Gasteiger charge is -2.11. The summed E-state index contributed by atoms with van der Waals surface area (Å²) in [5, 5.41) is 11.2. The van der Waals surface area contributed by atoms with Crippen molar-refractivity contribution in [1.29, 1.82) is 0 Å². The van der Waals surface area contributed by atoms with E-state index in [9.17, 15) is 14.4 Å². The number of rotatable bonds is 18. The lowest BCUT2D eigenvalue weighted by Crippen LogP contribution is -2.41. The maximum absolute atomic E-state index is 11.7. The molecule has 0 aromatic heterocycles. The molecule has 1 amide bonds. The first kappa shape index (κ1) is 24.6. The molecular weight excluding hydrogens is 332 g/mol. The van der Waals surface area contributed by atoms with Gasteiger partial charge in [0.15, 0.2) is 5.78 Å². The predicted octanol–water partition coefficient (Wildman–Crippen LogP) is 3.56. The molecule has 152 valence electrons. The van der Waals surface area contributed by atoms with Crippen LogP contribution in [0.15, 0.2) is 0 Å². The van der Waals surface area contributed by atoms with Crippen molar-refractivity contribution in [1.82, 2.24) is 5.32 Å². The standard InChI is InChI=1S/C20H38N2O4/c1-17(18(23)16-21)22-19(24)14-12-10-8-6-4-2-3-5-7-9-11-13-15-20(25)26/h17H,2-16,21H2,1H3,(H,22,24)(H,25,26)/t17-/m0/s1. The van der Waals surface area contributed by atoms with Crippen molar-refractivity contribution in [3.8, 4) is 0 Å². The van der Waals surface area contributed by atoms with Crippen LogP contribution in [0.3, 0.4) is 0 Å². The van der Waals surface area contributed by atoms with Gasteiger partial charge in [0.1, 0.15) is 0 Å². The van der Waals surface area contributed by atoms with Gasteiger partial charge in [-0.1, -0.05) is 64.2 Å². The number of carboxylic acids is 1. The molecule has 0 aliphatic carbocycles. The first-order valence-electron chi connectivity index (χ1n) is 10.2. The largest absolute Gasteiger partial charge is 0.481 e. The molecule has 0 heterocycles. The number of nitrogens with one attached hydrogen (secondary N) is 1. The van der Waals surface area contributed by atoms with Gasteiger partial charge in [0.25, 0.3) is 0 Å². The van der Waals surface area contributed by atoms with E-state index in [0.29, 0.717) is 12.8 Å². The highest BCUT2D eigenvalue weighted by Crippen LogP contribution is 2.13. The molecule has 6 nitrogen and oxygen atoms in total. The summed E-state index contributed by atoms with van der Waals surface area (Å²) >= 11 is 0. The van der Waals surface area contributed by atoms with Crippen LogP contribution in [-0.2, 0) is 14.4 Å². The summed E-state index contributed by atoms with van der Waals surface area (Å²) < 4.78 is 0. The van der Waals surface area contributed by atoms with Crippen molar-refractivity contribution in [2.45, 2.75) is 103 Å². The molecule has 4 N–H and O–H groups in total. The molecule has 1 atom stereocenters. The van der Waals surface area contributed by atoms with Gasteiger partial charge in [0, 0.05) is 12.8 Å². The molecule has 0 unspecified atom stereocenters. The second kappa shape index (κ2) is 17.0. The summed E-state index contributed by atoms with van der Waals surface area (Å²) in [5.41, 5.74) is 5.26. The summed E-state index contributed by atoms with van der Waals surface area (Å²) in [5.74, 6) is -0.900. The van der Waals surface area contributed by atoms with Crippen molar-refractivity contribution in [2.24, 2.45) is 5.73 Å². The highest BCUT2D eigenvalue weighted by Gasteiger charge is 2.13. The Morgan fingerprint density at radius 2 is 1.15 bits per heavy atom. The molecule has 0 rings (SSSR count). The smallest absolute Gasteiger partial charge is 0.303 e. The zero-order valence-corrected chi connectivity index (χ0v) is 16.4. The number of nitrogens with two attached hydrogens (primary N) is 1. The summed E-state index contributed by atoms with van der Waals surface area (Å²) in [6.07, 6.45) is 14.2. The molecule has 0 saturated carbocycles. The van der Waals surface area contributed by atoms with E-state index in [1.54, 1.807) is 6.92 Å². The normalized spacial score (nSPS) is 11.9.